The highest BCUT2D eigenvalue weighted by Gasteiger charge is 2.48. The first-order valence-electron chi connectivity index (χ1n) is 8.37. The molecule has 4 nitrogen and oxygen atoms in total. The second-order valence-electron chi connectivity index (χ2n) is 7.56. The maximum atomic E-state index is 10.1. The van der Waals surface area contributed by atoms with Crippen molar-refractivity contribution in [1.29, 1.82) is 0 Å². The molecule has 0 spiro atoms. The molecule has 1 aliphatic heterocycles. The van der Waals surface area contributed by atoms with Crippen LogP contribution < -0.4 is 5.32 Å². The average molecular weight is 281 g/mol. The van der Waals surface area contributed by atoms with Crippen molar-refractivity contribution >= 4 is 0 Å². The fraction of sp³-hybridized carbons (Fsp3) is 1.00. The Labute approximate surface area is 123 Å². The van der Waals surface area contributed by atoms with Crippen LogP contribution in [0.1, 0.15) is 39.5 Å². The summed E-state index contributed by atoms with van der Waals surface area (Å²) in [4.78, 5) is 5.06. The van der Waals surface area contributed by atoms with Gasteiger partial charge < -0.3 is 10.4 Å². The molecule has 1 heterocycles. The Bertz CT molecular complexity index is 331. The van der Waals surface area contributed by atoms with Gasteiger partial charge in [0.2, 0.25) is 0 Å². The molecule has 0 aromatic carbocycles. The van der Waals surface area contributed by atoms with E-state index >= 15 is 0 Å². The summed E-state index contributed by atoms with van der Waals surface area (Å²) in [5.41, 5.74) is -0.0312. The van der Waals surface area contributed by atoms with Gasteiger partial charge in [0.05, 0.1) is 12.1 Å². The first-order valence-corrected chi connectivity index (χ1v) is 8.37. The van der Waals surface area contributed by atoms with Crippen molar-refractivity contribution < 1.29 is 5.11 Å². The van der Waals surface area contributed by atoms with Gasteiger partial charge in [0.15, 0.2) is 0 Å². The fourth-order valence-electron chi connectivity index (χ4n) is 3.83. The Balaban J connectivity index is 1.66. The molecule has 3 unspecified atom stereocenters. The van der Waals surface area contributed by atoms with Gasteiger partial charge in [-0.15, -0.1) is 0 Å². The van der Waals surface area contributed by atoms with E-state index in [-0.39, 0.29) is 5.54 Å². The van der Waals surface area contributed by atoms with Crippen molar-refractivity contribution in [2.75, 3.05) is 33.3 Å². The van der Waals surface area contributed by atoms with Crippen LogP contribution in [0.25, 0.3) is 0 Å². The Morgan fingerprint density at radius 3 is 2.15 bits per heavy atom. The predicted octanol–water partition coefficient (Wildman–Crippen LogP) is 0.904. The van der Waals surface area contributed by atoms with E-state index in [1.54, 1.807) is 0 Å². The lowest BCUT2D eigenvalue weighted by atomic mass is 9.92. The molecule has 116 valence electrons. The number of likely N-dealkylation sites (N-methyl/N-ethyl adjacent to an activating group) is 1. The topological polar surface area (TPSA) is 38.7 Å². The zero-order valence-electron chi connectivity index (χ0n) is 13.3. The van der Waals surface area contributed by atoms with E-state index in [4.69, 9.17) is 0 Å². The summed E-state index contributed by atoms with van der Waals surface area (Å²) in [6.07, 6.45) is 5.17. The van der Waals surface area contributed by atoms with Crippen molar-refractivity contribution in [3.05, 3.63) is 0 Å². The van der Waals surface area contributed by atoms with Crippen LogP contribution in [0.4, 0.5) is 0 Å². The van der Waals surface area contributed by atoms with Gasteiger partial charge in [-0.2, -0.15) is 0 Å². The molecule has 20 heavy (non-hydrogen) atoms. The highest BCUT2D eigenvalue weighted by atomic mass is 16.3. The number of piperazine rings is 1. The van der Waals surface area contributed by atoms with Crippen LogP contribution >= 0.6 is 0 Å². The van der Waals surface area contributed by atoms with Gasteiger partial charge in [-0.3, -0.25) is 9.80 Å². The summed E-state index contributed by atoms with van der Waals surface area (Å²) in [5, 5.41) is 13.9. The minimum absolute atomic E-state index is 0.0312. The SMILES string of the molecule is CC1CN(CC(CO)(NC2CC2)C2CC2)CC(C)N1C. The van der Waals surface area contributed by atoms with Crippen LogP contribution in [-0.4, -0.2) is 71.9 Å². The number of aliphatic hydroxyl groups excluding tert-OH is 1. The molecule has 3 atom stereocenters. The number of nitrogens with one attached hydrogen (secondary N) is 1. The van der Waals surface area contributed by atoms with Gasteiger partial charge in [0.25, 0.3) is 0 Å². The van der Waals surface area contributed by atoms with E-state index < -0.39 is 0 Å². The molecular formula is C16H31N3O. The third-order valence-electron chi connectivity index (χ3n) is 5.65. The monoisotopic (exact) mass is 281 g/mol. The highest BCUT2D eigenvalue weighted by Crippen LogP contribution is 2.42. The molecule has 0 radical (unpaired) electrons. The van der Waals surface area contributed by atoms with E-state index in [1.165, 1.54) is 25.7 Å². The van der Waals surface area contributed by atoms with E-state index in [0.717, 1.165) is 19.6 Å². The van der Waals surface area contributed by atoms with Crippen LogP contribution in [0.15, 0.2) is 0 Å². The second kappa shape index (κ2) is 5.56. The van der Waals surface area contributed by atoms with E-state index in [2.05, 4.69) is 36.0 Å². The molecule has 0 aromatic heterocycles. The summed E-state index contributed by atoms with van der Waals surface area (Å²) < 4.78 is 0. The predicted molar refractivity (Wildman–Crippen MR) is 81.8 cm³/mol. The van der Waals surface area contributed by atoms with E-state index in [1.807, 2.05) is 0 Å². The van der Waals surface area contributed by atoms with Gasteiger partial charge in [-0.25, -0.2) is 0 Å². The largest absolute Gasteiger partial charge is 0.394 e. The second-order valence-corrected chi connectivity index (χ2v) is 7.56. The van der Waals surface area contributed by atoms with Gasteiger partial charge in [-0.05, 0) is 52.5 Å². The minimum atomic E-state index is -0.0312. The highest BCUT2D eigenvalue weighted by molar-refractivity contribution is 5.06. The smallest absolute Gasteiger partial charge is 0.0628 e. The number of hydrogen-bond acceptors (Lipinski definition) is 4. The zero-order chi connectivity index (χ0) is 14.3. The zero-order valence-corrected chi connectivity index (χ0v) is 13.3. The first kappa shape index (κ1) is 14.8. The maximum absolute atomic E-state index is 10.1. The fourth-order valence-corrected chi connectivity index (χ4v) is 3.83. The van der Waals surface area contributed by atoms with Crippen molar-refractivity contribution in [3.8, 4) is 0 Å². The van der Waals surface area contributed by atoms with E-state index in [0.29, 0.717) is 30.7 Å². The van der Waals surface area contributed by atoms with Crippen LogP contribution in [0.3, 0.4) is 0 Å². The normalized spacial score (nSPS) is 36.0. The van der Waals surface area contributed by atoms with Gasteiger partial charge in [0.1, 0.15) is 0 Å². The number of aliphatic hydroxyl groups is 1. The Kier molecular flexibility index (Phi) is 4.10. The maximum Gasteiger partial charge on any atom is 0.0628 e. The number of rotatable bonds is 6. The van der Waals surface area contributed by atoms with Crippen LogP contribution in [0.2, 0.25) is 0 Å². The summed E-state index contributed by atoms with van der Waals surface area (Å²) >= 11 is 0. The molecule has 0 bridgehead atoms. The van der Waals surface area contributed by atoms with Crippen LogP contribution in [0.5, 0.6) is 0 Å². The van der Waals surface area contributed by atoms with Crippen molar-refractivity contribution in [1.82, 2.24) is 15.1 Å². The molecule has 3 aliphatic rings. The molecular weight excluding hydrogens is 250 g/mol. The molecule has 2 N–H and O–H groups in total. The lowest BCUT2D eigenvalue weighted by Gasteiger charge is -2.46. The number of hydrogen-bond donors (Lipinski definition) is 2. The van der Waals surface area contributed by atoms with Gasteiger partial charge in [0, 0.05) is 37.8 Å². The van der Waals surface area contributed by atoms with Crippen molar-refractivity contribution in [2.45, 2.75) is 63.2 Å². The molecule has 2 saturated carbocycles. The van der Waals surface area contributed by atoms with Gasteiger partial charge in [-0.1, -0.05) is 0 Å². The molecule has 0 aromatic rings. The Morgan fingerprint density at radius 2 is 1.70 bits per heavy atom. The molecule has 1 saturated heterocycles. The van der Waals surface area contributed by atoms with Crippen molar-refractivity contribution in [3.63, 3.8) is 0 Å². The number of nitrogens with zero attached hydrogens (tertiary/aromatic N) is 2. The third-order valence-corrected chi connectivity index (χ3v) is 5.65. The Hall–Kier alpha value is -0.160. The third kappa shape index (κ3) is 3.03. The van der Waals surface area contributed by atoms with E-state index in [9.17, 15) is 5.11 Å². The van der Waals surface area contributed by atoms with Crippen LogP contribution in [-0.2, 0) is 0 Å². The van der Waals surface area contributed by atoms with Crippen molar-refractivity contribution in [2.24, 2.45) is 5.92 Å². The summed E-state index contributed by atoms with van der Waals surface area (Å²) in [7, 11) is 2.23. The Morgan fingerprint density at radius 1 is 1.10 bits per heavy atom. The summed E-state index contributed by atoms with van der Waals surface area (Å²) in [6.45, 7) is 8.20. The van der Waals surface area contributed by atoms with Gasteiger partial charge >= 0.3 is 0 Å². The molecule has 4 heteroatoms. The van der Waals surface area contributed by atoms with Crippen LogP contribution in [0, 0.1) is 5.92 Å². The summed E-state index contributed by atoms with van der Waals surface area (Å²) in [6, 6.07) is 1.88. The molecule has 3 rings (SSSR count). The lowest BCUT2D eigenvalue weighted by molar-refractivity contribution is 0.0210. The average Bonchev–Trinajstić information content (AvgIpc) is 3.26. The lowest BCUT2D eigenvalue weighted by Crippen LogP contribution is -2.63. The summed E-state index contributed by atoms with van der Waals surface area (Å²) in [5.74, 6) is 0.693. The molecule has 2 aliphatic carbocycles. The minimum Gasteiger partial charge on any atom is -0.394 e. The first-order chi connectivity index (χ1) is 9.54. The molecule has 3 fully saturated rings. The quantitative estimate of drug-likeness (QED) is 0.759. The molecule has 0 amide bonds. The standard InChI is InChI=1S/C16H31N3O/c1-12-8-19(9-13(2)18(12)3)10-16(11-20,14-4-5-14)17-15-6-7-15/h12-15,17,20H,4-11H2,1-3H3.